The zero-order valence-electron chi connectivity index (χ0n) is 16.5. The number of aromatic nitrogens is 2. The number of benzene rings is 1. The summed E-state index contributed by atoms with van der Waals surface area (Å²) in [5.74, 6) is 0.959. The number of anilines is 2. The zero-order valence-corrected chi connectivity index (χ0v) is 16.5. The van der Waals surface area contributed by atoms with Crippen LogP contribution in [-0.2, 0) is 0 Å². The number of piperidine rings is 1. The minimum Gasteiger partial charge on any atom is -0.396 e. The number of nitrogens with one attached hydrogen (secondary N) is 1. The lowest BCUT2D eigenvalue weighted by Gasteiger charge is -2.32. The van der Waals surface area contributed by atoms with Gasteiger partial charge in [-0.3, -0.25) is 4.79 Å². The van der Waals surface area contributed by atoms with Crippen LogP contribution in [0, 0.1) is 11.7 Å². The van der Waals surface area contributed by atoms with Crippen molar-refractivity contribution in [3.8, 4) is 11.1 Å². The van der Waals surface area contributed by atoms with Crippen molar-refractivity contribution < 1.29 is 14.3 Å². The summed E-state index contributed by atoms with van der Waals surface area (Å²) in [7, 11) is 0. The van der Waals surface area contributed by atoms with Gasteiger partial charge in [0, 0.05) is 37.7 Å². The molecule has 1 saturated heterocycles. The van der Waals surface area contributed by atoms with Gasteiger partial charge < -0.3 is 15.3 Å². The first-order chi connectivity index (χ1) is 14.6. The van der Waals surface area contributed by atoms with Gasteiger partial charge in [-0.05, 0) is 78.4 Å². The van der Waals surface area contributed by atoms with Crippen LogP contribution in [0.15, 0.2) is 60.9 Å². The topological polar surface area (TPSA) is 78.4 Å². The van der Waals surface area contributed by atoms with Gasteiger partial charge in [0.25, 0.3) is 5.91 Å². The molecule has 0 spiro atoms. The quantitative estimate of drug-likeness (QED) is 0.675. The largest absolute Gasteiger partial charge is 0.396 e. The highest BCUT2D eigenvalue weighted by Crippen LogP contribution is 2.27. The highest BCUT2D eigenvalue weighted by atomic mass is 19.1. The molecule has 0 radical (unpaired) electrons. The summed E-state index contributed by atoms with van der Waals surface area (Å²) in [6.07, 6.45) is 5.33. The summed E-state index contributed by atoms with van der Waals surface area (Å²) in [5.41, 5.74) is 2.25. The Bertz CT molecular complexity index is 1020. The lowest BCUT2D eigenvalue weighted by molar-refractivity contribution is 0.102. The minimum atomic E-state index is -0.388. The number of rotatable bonds is 5. The molecular weight excluding hydrogens is 383 g/mol. The van der Waals surface area contributed by atoms with Crippen LogP contribution in [0.25, 0.3) is 11.1 Å². The molecule has 0 atom stereocenters. The van der Waals surface area contributed by atoms with E-state index in [1.165, 1.54) is 24.3 Å². The summed E-state index contributed by atoms with van der Waals surface area (Å²) in [6.45, 7) is 1.98. The Labute approximate surface area is 174 Å². The fraction of sp³-hybridized carbons (Fsp3) is 0.261. The molecule has 1 aliphatic rings. The lowest BCUT2D eigenvalue weighted by Crippen LogP contribution is -2.35. The fourth-order valence-electron chi connectivity index (χ4n) is 3.58. The number of pyridine rings is 2. The number of hydrogen-bond donors (Lipinski definition) is 2. The highest BCUT2D eigenvalue weighted by molar-refractivity contribution is 6.03. The van der Waals surface area contributed by atoms with Crippen LogP contribution in [-0.4, -0.2) is 40.7 Å². The first kappa shape index (κ1) is 20.0. The van der Waals surface area contributed by atoms with Gasteiger partial charge in [0.15, 0.2) is 0 Å². The Morgan fingerprint density at radius 2 is 1.70 bits per heavy atom. The number of carbonyl (C=O) groups excluding carboxylic acids is 1. The number of aliphatic hydroxyl groups is 1. The van der Waals surface area contributed by atoms with E-state index in [2.05, 4.69) is 20.2 Å². The Morgan fingerprint density at radius 3 is 2.40 bits per heavy atom. The summed E-state index contributed by atoms with van der Waals surface area (Å²) >= 11 is 0. The second-order valence-electron chi connectivity index (χ2n) is 7.41. The van der Waals surface area contributed by atoms with Crippen molar-refractivity contribution in [3.05, 3.63) is 72.3 Å². The van der Waals surface area contributed by atoms with E-state index in [0.29, 0.717) is 17.3 Å². The molecule has 0 unspecified atom stereocenters. The Hall–Kier alpha value is -3.32. The molecule has 6 nitrogen and oxygen atoms in total. The predicted molar refractivity (Wildman–Crippen MR) is 114 cm³/mol. The number of aliphatic hydroxyl groups excluding tert-OH is 1. The number of amides is 1. The van der Waals surface area contributed by atoms with E-state index in [0.717, 1.165) is 42.9 Å². The normalized spacial score (nSPS) is 14.5. The molecule has 1 aliphatic heterocycles. The van der Waals surface area contributed by atoms with Crippen LogP contribution in [0.4, 0.5) is 16.0 Å². The SMILES string of the molecule is O=C(Nc1cc(-c2ccnc(N3CCC(CO)CC3)c2)ccn1)c1ccc(F)cc1. The molecule has 154 valence electrons. The lowest BCUT2D eigenvalue weighted by atomic mass is 9.98. The van der Waals surface area contributed by atoms with Gasteiger partial charge >= 0.3 is 0 Å². The van der Waals surface area contributed by atoms with E-state index in [4.69, 9.17) is 0 Å². The maximum atomic E-state index is 13.1. The van der Waals surface area contributed by atoms with Crippen LogP contribution in [0.1, 0.15) is 23.2 Å². The maximum absolute atomic E-state index is 13.1. The minimum absolute atomic E-state index is 0.241. The monoisotopic (exact) mass is 406 g/mol. The average Bonchev–Trinajstić information content (AvgIpc) is 2.80. The maximum Gasteiger partial charge on any atom is 0.256 e. The zero-order chi connectivity index (χ0) is 20.9. The molecule has 4 rings (SSSR count). The average molecular weight is 406 g/mol. The van der Waals surface area contributed by atoms with Gasteiger partial charge in [-0.2, -0.15) is 0 Å². The summed E-state index contributed by atoms with van der Waals surface area (Å²) in [4.78, 5) is 23.3. The highest BCUT2D eigenvalue weighted by Gasteiger charge is 2.19. The first-order valence-corrected chi connectivity index (χ1v) is 9.97. The third kappa shape index (κ3) is 4.63. The molecule has 1 aromatic carbocycles. The van der Waals surface area contributed by atoms with Crippen molar-refractivity contribution in [2.75, 3.05) is 29.9 Å². The number of halogens is 1. The molecule has 0 saturated carbocycles. The number of carbonyl (C=O) groups is 1. The first-order valence-electron chi connectivity index (χ1n) is 9.97. The van der Waals surface area contributed by atoms with E-state index in [1.807, 2.05) is 18.2 Å². The van der Waals surface area contributed by atoms with Gasteiger partial charge in [-0.25, -0.2) is 14.4 Å². The molecule has 3 heterocycles. The predicted octanol–water partition coefficient (Wildman–Crippen LogP) is 3.74. The van der Waals surface area contributed by atoms with Crippen molar-refractivity contribution in [2.24, 2.45) is 5.92 Å². The van der Waals surface area contributed by atoms with Gasteiger partial charge in [-0.1, -0.05) is 0 Å². The molecule has 30 heavy (non-hydrogen) atoms. The van der Waals surface area contributed by atoms with Gasteiger partial charge in [0.05, 0.1) is 0 Å². The Morgan fingerprint density at radius 1 is 1.03 bits per heavy atom. The third-order valence-electron chi connectivity index (χ3n) is 5.38. The van der Waals surface area contributed by atoms with E-state index in [9.17, 15) is 14.3 Å². The fourth-order valence-corrected chi connectivity index (χ4v) is 3.58. The number of hydrogen-bond acceptors (Lipinski definition) is 5. The van der Waals surface area contributed by atoms with E-state index < -0.39 is 0 Å². The Kier molecular flexibility index (Phi) is 5.99. The molecule has 0 aliphatic carbocycles. The van der Waals surface area contributed by atoms with Crippen LogP contribution in [0.2, 0.25) is 0 Å². The van der Waals surface area contributed by atoms with Crippen LogP contribution < -0.4 is 10.2 Å². The molecule has 3 aromatic rings. The molecule has 2 N–H and O–H groups in total. The van der Waals surface area contributed by atoms with Gasteiger partial charge in [-0.15, -0.1) is 0 Å². The summed E-state index contributed by atoms with van der Waals surface area (Å²) in [5, 5.41) is 12.1. The molecule has 7 heteroatoms. The second kappa shape index (κ2) is 9.00. The van der Waals surface area contributed by atoms with Gasteiger partial charge in [0.1, 0.15) is 17.5 Å². The molecule has 0 bridgehead atoms. The van der Waals surface area contributed by atoms with Crippen molar-refractivity contribution in [3.63, 3.8) is 0 Å². The molecular formula is C23H23FN4O2. The smallest absolute Gasteiger partial charge is 0.256 e. The Balaban J connectivity index is 1.50. The van der Waals surface area contributed by atoms with Crippen molar-refractivity contribution in [1.82, 2.24) is 9.97 Å². The van der Waals surface area contributed by atoms with Crippen molar-refractivity contribution in [1.29, 1.82) is 0 Å². The van der Waals surface area contributed by atoms with Crippen LogP contribution in [0.5, 0.6) is 0 Å². The second-order valence-corrected chi connectivity index (χ2v) is 7.41. The molecule has 2 aromatic heterocycles. The van der Waals surface area contributed by atoms with Crippen LogP contribution in [0.3, 0.4) is 0 Å². The molecule has 1 amide bonds. The molecule has 1 fully saturated rings. The van der Waals surface area contributed by atoms with E-state index in [1.54, 1.807) is 18.5 Å². The number of nitrogens with zero attached hydrogens (tertiary/aromatic N) is 3. The summed E-state index contributed by atoms with van der Waals surface area (Å²) in [6, 6.07) is 13.0. The van der Waals surface area contributed by atoms with Crippen molar-refractivity contribution in [2.45, 2.75) is 12.8 Å². The summed E-state index contributed by atoms with van der Waals surface area (Å²) < 4.78 is 13.1. The van der Waals surface area contributed by atoms with Crippen LogP contribution >= 0.6 is 0 Å². The van der Waals surface area contributed by atoms with E-state index >= 15 is 0 Å². The third-order valence-corrected chi connectivity index (χ3v) is 5.38. The van der Waals surface area contributed by atoms with Gasteiger partial charge in [0.2, 0.25) is 0 Å². The standard InChI is InChI=1S/C23H23FN4O2/c24-20-3-1-17(2-4-20)23(30)27-21-13-18(5-9-25-21)19-6-10-26-22(14-19)28-11-7-16(15-29)8-12-28/h1-6,9-10,13-14,16,29H,7-8,11-12,15H2,(H,25,27,30). The van der Waals surface area contributed by atoms with Crippen molar-refractivity contribution >= 4 is 17.5 Å². The van der Waals surface area contributed by atoms with E-state index in [-0.39, 0.29) is 18.3 Å².